The average molecular weight is 1010 g/mol. The molecule has 12 rings (SSSR count). The van der Waals surface area contributed by atoms with Crippen molar-refractivity contribution in [2.75, 3.05) is 0 Å². The number of pyridine rings is 1. The van der Waals surface area contributed by atoms with E-state index >= 15 is 0 Å². The van der Waals surface area contributed by atoms with Gasteiger partial charge in [0, 0.05) is 39.9 Å². The first-order valence-electron chi connectivity index (χ1n) is 30.5. The van der Waals surface area contributed by atoms with Crippen molar-refractivity contribution in [1.29, 1.82) is 0 Å². The summed E-state index contributed by atoms with van der Waals surface area (Å²) in [6.07, 6.45) is 5.14. The molecule has 0 bridgehead atoms. The van der Waals surface area contributed by atoms with Crippen molar-refractivity contribution in [3.63, 3.8) is 0 Å². The van der Waals surface area contributed by atoms with E-state index in [-0.39, 0.29) is 27.9 Å². The first kappa shape index (κ1) is 38.2. The van der Waals surface area contributed by atoms with Crippen molar-refractivity contribution < 1.29 is 27.6 Å². The number of benzene rings is 8. The number of aromatic nitrogens is 5. The fraction of sp³-hybridized carbons (Fsp3) is 0.145. The second-order valence-electron chi connectivity index (χ2n) is 21.1. The van der Waals surface area contributed by atoms with E-state index in [4.69, 9.17) is 32.9 Å². The molecule has 374 valence electrons. The van der Waals surface area contributed by atoms with Crippen molar-refractivity contribution in [1.82, 2.24) is 24.5 Å². The van der Waals surface area contributed by atoms with Gasteiger partial charge < -0.3 is 4.74 Å². The van der Waals surface area contributed by atoms with E-state index in [1.54, 1.807) is 39.9 Å². The van der Waals surface area contributed by atoms with Crippen LogP contribution in [0.4, 0.5) is 11.4 Å². The molecule has 11 aromatic rings. The highest BCUT2D eigenvalue weighted by Gasteiger charge is 2.35. The van der Waals surface area contributed by atoms with E-state index in [2.05, 4.69) is 80.7 Å². The highest BCUT2D eigenvalue weighted by atomic mass is 16.5. The highest BCUT2D eigenvalue weighted by molar-refractivity contribution is 6.11. The molecular weight excluding hydrogens is 943 g/mol. The molecular formula is C69H59N7O+2. The van der Waals surface area contributed by atoms with Crippen molar-refractivity contribution in [3.8, 4) is 51.0 Å². The molecule has 0 radical (unpaired) electrons. The molecule has 8 nitrogen and oxygen atoms in total. The molecule has 0 N–H and O–H groups in total. The highest BCUT2D eigenvalue weighted by Crippen LogP contribution is 2.45. The molecule has 0 amide bonds. The fourth-order valence-electron chi connectivity index (χ4n) is 9.90. The third kappa shape index (κ3) is 9.13. The van der Waals surface area contributed by atoms with Gasteiger partial charge in [0.05, 0.1) is 47.5 Å². The van der Waals surface area contributed by atoms with Crippen LogP contribution in [0, 0.1) is 0 Å². The molecule has 0 atom stereocenters. The SMILES string of the molecule is [2H]c1c([2H])c([2H])c(-c2cc(C(C)(C)C)cc(-c3c([2H])c([2H])c([2H])c([2H])c3[2H])c2[N+]2=C=[N+](c3cccc(Oc4cc5c(cc4-c4nc(C(C)(C)c6ccccc6)nc(C(C)(C)c6ccccc6)n4)c4ccccc4n5-c4ccccn4)c3)C=C2)c([2H])c1[2H]. The van der Waals surface area contributed by atoms with Gasteiger partial charge in [-0.1, -0.05) is 181 Å². The number of rotatable bonds is 12. The predicted molar refractivity (Wildman–Crippen MR) is 311 cm³/mol. The summed E-state index contributed by atoms with van der Waals surface area (Å²) in [5.74, 6) is 3.08. The second-order valence-corrected chi connectivity index (χ2v) is 21.1. The number of hydrogen-bond acceptors (Lipinski definition) is 5. The summed E-state index contributed by atoms with van der Waals surface area (Å²) >= 11 is 0. The summed E-state index contributed by atoms with van der Waals surface area (Å²) in [5.41, 5.74) is 3.76. The maximum Gasteiger partial charge on any atom is 0.501 e. The van der Waals surface area contributed by atoms with Crippen LogP contribution in [0.2, 0.25) is 0 Å². The largest absolute Gasteiger partial charge is 0.501 e. The molecule has 0 unspecified atom stereocenters. The van der Waals surface area contributed by atoms with Gasteiger partial charge in [-0.15, -0.1) is 0 Å². The monoisotopic (exact) mass is 1010 g/mol. The Bertz CT molecular complexity index is 4530. The zero-order chi connectivity index (χ0) is 61.6. The molecule has 0 saturated heterocycles. The molecule has 77 heavy (non-hydrogen) atoms. The lowest BCUT2D eigenvalue weighted by atomic mass is 9.82. The molecule has 3 aromatic heterocycles. The Kier molecular flexibility index (Phi) is 9.63. The summed E-state index contributed by atoms with van der Waals surface area (Å²) in [6.45, 7) is 14.3. The number of para-hydroxylation sites is 1. The van der Waals surface area contributed by atoms with Gasteiger partial charge in [0.25, 0.3) is 12.4 Å². The van der Waals surface area contributed by atoms with Crippen LogP contribution < -0.4 is 4.74 Å². The molecule has 8 heteroatoms. The first-order valence-corrected chi connectivity index (χ1v) is 25.5. The van der Waals surface area contributed by atoms with Gasteiger partial charge in [0.15, 0.2) is 5.82 Å². The van der Waals surface area contributed by atoms with Crippen LogP contribution in [0.15, 0.2) is 231 Å². The van der Waals surface area contributed by atoms with Crippen LogP contribution in [-0.4, -0.2) is 39.7 Å². The summed E-state index contributed by atoms with van der Waals surface area (Å²) in [5, 5.41) is 1.89. The molecule has 0 saturated carbocycles. The minimum Gasteiger partial charge on any atom is -0.456 e. The molecule has 1 aliphatic heterocycles. The average Bonchev–Trinajstić information content (AvgIpc) is 1.78. The van der Waals surface area contributed by atoms with Crippen LogP contribution >= 0.6 is 0 Å². The van der Waals surface area contributed by atoms with Crippen molar-refractivity contribution in [2.24, 2.45) is 0 Å². The number of fused-ring (bicyclic) bond motifs is 3. The van der Waals surface area contributed by atoms with Gasteiger partial charge in [-0.2, -0.15) is 0 Å². The van der Waals surface area contributed by atoms with E-state index in [9.17, 15) is 5.48 Å². The Morgan fingerprint density at radius 1 is 0.506 bits per heavy atom. The van der Waals surface area contributed by atoms with Crippen LogP contribution in [0.3, 0.4) is 0 Å². The minimum absolute atomic E-state index is 0.140. The van der Waals surface area contributed by atoms with Gasteiger partial charge in [-0.25, -0.2) is 19.9 Å². The number of nitrogens with zero attached hydrogens (tertiary/aromatic N) is 7. The van der Waals surface area contributed by atoms with E-state index < -0.39 is 76.7 Å². The third-order valence-electron chi connectivity index (χ3n) is 14.3. The van der Waals surface area contributed by atoms with Crippen LogP contribution in [0.1, 0.15) is 90.5 Å². The zero-order valence-corrected chi connectivity index (χ0v) is 43.7. The van der Waals surface area contributed by atoms with Crippen molar-refractivity contribution in [3.05, 3.63) is 259 Å². The van der Waals surface area contributed by atoms with E-state index in [1.807, 2.05) is 118 Å². The second kappa shape index (κ2) is 19.4. The molecule has 8 aromatic carbocycles. The Hall–Kier alpha value is -9.36. The number of hydrogen-bond donors (Lipinski definition) is 0. The van der Waals surface area contributed by atoms with Crippen molar-refractivity contribution >= 4 is 39.2 Å². The smallest absolute Gasteiger partial charge is 0.456 e. The van der Waals surface area contributed by atoms with Gasteiger partial charge in [-0.3, -0.25) is 4.57 Å². The summed E-state index contributed by atoms with van der Waals surface area (Å²) in [6, 6.07) is 47.3. The van der Waals surface area contributed by atoms with Crippen molar-refractivity contribution in [2.45, 2.75) is 64.7 Å². The Labute approximate surface area is 464 Å². The third-order valence-corrected chi connectivity index (χ3v) is 14.3. The Balaban J connectivity index is 1.09. The molecule has 0 fully saturated rings. The van der Waals surface area contributed by atoms with E-state index in [0.29, 0.717) is 51.6 Å². The van der Waals surface area contributed by atoms with Gasteiger partial charge in [0.1, 0.15) is 29.0 Å². The zero-order valence-electron chi connectivity index (χ0n) is 53.7. The lowest BCUT2D eigenvalue weighted by Gasteiger charge is -2.28. The molecule has 4 heterocycles. The Morgan fingerprint density at radius 2 is 1.09 bits per heavy atom. The fourth-order valence-corrected chi connectivity index (χ4v) is 9.90. The summed E-state index contributed by atoms with van der Waals surface area (Å²) in [7, 11) is 0. The van der Waals surface area contributed by atoms with Gasteiger partial charge in [0.2, 0.25) is 11.4 Å². The maximum absolute atomic E-state index is 9.23. The first-order chi connectivity index (χ1) is 41.4. The molecule has 0 aliphatic carbocycles. The van der Waals surface area contributed by atoms with E-state index in [0.717, 1.165) is 32.9 Å². The quantitative estimate of drug-likeness (QED) is 0.114. The lowest BCUT2D eigenvalue weighted by Crippen LogP contribution is -2.29. The Morgan fingerprint density at radius 3 is 1.69 bits per heavy atom. The maximum atomic E-state index is 9.23. The predicted octanol–water partition coefficient (Wildman–Crippen LogP) is 16.8. The van der Waals surface area contributed by atoms with Gasteiger partial charge >= 0.3 is 6.01 Å². The topological polar surface area (TPSA) is 71.7 Å². The standard InChI is InChI=1S/C69H59N7O/c1-67(2,3)51-41-55(47-25-12-8-13-26-47)63(56(42-51)48-27-14-9-15-28-48)75-40-39-74(46-75)52-33-24-34-53(43-52)77-61-45-60-57(54-35-20-21-36-59(54)76(60)62-37-22-23-38-70-62)44-58(61)64-71-65(68(4,5)49-29-16-10-17-30-49)73-66(72-64)69(6,7)50-31-18-11-19-32-50/h8-45H,1-7H3/q+2/i8D,9D,12D,13D,14D,15D,25D,26D,27D,28D. The number of ether oxygens (including phenoxy) is 1. The molecule has 0 spiro atoms. The minimum atomic E-state index is -0.682. The van der Waals surface area contributed by atoms with Crippen LogP contribution in [0.25, 0.3) is 61.3 Å². The van der Waals surface area contributed by atoms with Gasteiger partial charge in [-0.05, 0) is 103 Å². The lowest BCUT2D eigenvalue weighted by molar-refractivity contribution is -0.386. The normalized spacial score (nSPS) is 14.6. The van der Waals surface area contributed by atoms with E-state index in [1.165, 1.54) is 0 Å². The van der Waals surface area contributed by atoms with Crippen LogP contribution in [0.5, 0.6) is 11.5 Å². The summed E-state index contributed by atoms with van der Waals surface area (Å²) in [4.78, 5) is 20.9. The molecule has 1 aliphatic rings. The summed E-state index contributed by atoms with van der Waals surface area (Å²) < 4.78 is 101. The van der Waals surface area contributed by atoms with Crippen LogP contribution in [-0.2, 0) is 16.2 Å².